The zero-order valence-corrected chi connectivity index (χ0v) is 9.84. The first kappa shape index (κ1) is 11.0. The summed E-state index contributed by atoms with van der Waals surface area (Å²) in [6, 6.07) is 15.7. The van der Waals surface area contributed by atoms with E-state index < -0.39 is 0 Å². The summed E-state index contributed by atoms with van der Waals surface area (Å²) >= 11 is 0. The van der Waals surface area contributed by atoms with E-state index in [1.807, 2.05) is 48.5 Å². The number of fused-ring (bicyclic) bond motifs is 1. The van der Waals surface area contributed by atoms with Crippen LogP contribution in [0.5, 0.6) is 0 Å². The third-order valence-corrected chi connectivity index (χ3v) is 2.91. The molecule has 0 unspecified atom stereocenters. The molecule has 0 bridgehead atoms. The van der Waals surface area contributed by atoms with Crippen molar-refractivity contribution in [1.29, 1.82) is 0 Å². The minimum Gasteiger partial charge on any atom is -0.440 e. The van der Waals surface area contributed by atoms with Crippen molar-refractivity contribution in [3.63, 3.8) is 0 Å². The summed E-state index contributed by atoms with van der Waals surface area (Å²) < 4.78 is 5.72. The van der Waals surface area contributed by atoms with E-state index in [1.165, 1.54) is 0 Å². The van der Waals surface area contributed by atoms with Crippen LogP contribution in [0.1, 0.15) is 17.0 Å². The van der Waals surface area contributed by atoms with Crippen LogP contribution in [0.3, 0.4) is 0 Å². The van der Waals surface area contributed by atoms with Crippen molar-refractivity contribution in [1.82, 2.24) is 4.98 Å². The molecule has 0 aliphatic rings. The lowest BCUT2D eigenvalue weighted by molar-refractivity contribution is 0.281. The Hall–Kier alpha value is -2.13. The molecule has 0 aliphatic carbocycles. The van der Waals surface area contributed by atoms with Gasteiger partial charge in [0, 0.05) is 12.0 Å². The zero-order valence-electron chi connectivity index (χ0n) is 9.84. The second-order valence-electron chi connectivity index (χ2n) is 4.19. The SMILES string of the molecule is OCc1cccc2nc(Cc3ccccc3)oc12. The first-order valence-corrected chi connectivity index (χ1v) is 5.89. The molecule has 3 nitrogen and oxygen atoms in total. The first-order valence-electron chi connectivity index (χ1n) is 5.89. The molecule has 90 valence electrons. The van der Waals surface area contributed by atoms with Gasteiger partial charge >= 0.3 is 0 Å². The Morgan fingerprint density at radius 1 is 1.00 bits per heavy atom. The predicted octanol–water partition coefficient (Wildman–Crippen LogP) is 2.91. The van der Waals surface area contributed by atoms with Crippen molar-refractivity contribution in [2.75, 3.05) is 0 Å². The number of aliphatic hydroxyl groups is 1. The average Bonchev–Trinajstić information content (AvgIpc) is 2.82. The minimum atomic E-state index is -0.0304. The predicted molar refractivity (Wildman–Crippen MR) is 69.2 cm³/mol. The van der Waals surface area contributed by atoms with E-state index in [1.54, 1.807) is 0 Å². The molecule has 0 fully saturated rings. The normalized spacial score (nSPS) is 10.9. The summed E-state index contributed by atoms with van der Waals surface area (Å²) in [6.45, 7) is -0.0304. The van der Waals surface area contributed by atoms with Gasteiger partial charge in [-0.05, 0) is 11.6 Å². The van der Waals surface area contributed by atoms with Gasteiger partial charge in [-0.2, -0.15) is 0 Å². The highest BCUT2D eigenvalue weighted by Gasteiger charge is 2.09. The third-order valence-electron chi connectivity index (χ3n) is 2.91. The average molecular weight is 239 g/mol. The molecule has 3 rings (SSSR count). The monoisotopic (exact) mass is 239 g/mol. The van der Waals surface area contributed by atoms with Crippen LogP contribution in [0, 0.1) is 0 Å². The second-order valence-corrected chi connectivity index (χ2v) is 4.19. The van der Waals surface area contributed by atoms with Crippen molar-refractivity contribution >= 4 is 11.1 Å². The number of rotatable bonds is 3. The molecule has 3 heteroatoms. The largest absolute Gasteiger partial charge is 0.440 e. The molecule has 18 heavy (non-hydrogen) atoms. The van der Waals surface area contributed by atoms with E-state index in [2.05, 4.69) is 4.98 Å². The topological polar surface area (TPSA) is 46.3 Å². The van der Waals surface area contributed by atoms with Gasteiger partial charge in [-0.1, -0.05) is 42.5 Å². The smallest absolute Gasteiger partial charge is 0.199 e. The van der Waals surface area contributed by atoms with Crippen molar-refractivity contribution in [2.45, 2.75) is 13.0 Å². The lowest BCUT2D eigenvalue weighted by atomic mass is 10.1. The van der Waals surface area contributed by atoms with Crippen molar-refractivity contribution in [2.24, 2.45) is 0 Å². The molecule has 0 saturated heterocycles. The molecule has 2 aromatic carbocycles. The van der Waals surface area contributed by atoms with Crippen LogP contribution in [0.15, 0.2) is 52.9 Å². The Morgan fingerprint density at radius 3 is 2.61 bits per heavy atom. The van der Waals surface area contributed by atoms with E-state index in [0.717, 1.165) is 16.6 Å². The molecular weight excluding hydrogens is 226 g/mol. The molecule has 0 amide bonds. The lowest BCUT2D eigenvalue weighted by Gasteiger charge is -1.96. The van der Waals surface area contributed by atoms with Crippen molar-refractivity contribution in [3.05, 3.63) is 65.5 Å². The fourth-order valence-corrected chi connectivity index (χ4v) is 2.02. The van der Waals surface area contributed by atoms with Crippen LogP contribution >= 0.6 is 0 Å². The van der Waals surface area contributed by atoms with Crippen molar-refractivity contribution < 1.29 is 9.52 Å². The number of para-hydroxylation sites is 1. The fourth-order valence-electron chi connectivity index (χ4n) is 2.02. The summed E-state index contributed by atoms with van der Waals surface area (Å²) in [5.74, 6) is 0.678. The Bertz CT molecular complexity index is 659. The molecular formula is C15H13NO2. The summed E-state index contributed by atoms with van der Waals surface area (Å²) in [4.78, 5) is 4.44. The van der Waals surface area contributed by atoms with Gasteiger partial charge in [0.25, 0.3) is 0 Å². The van der Waals surface area contributed by atoms with Gasteiger partial charge < -0.3 is 9.52 Å². The maximum Gasteiger partial charge on any atom is 0.199 e. The highest BCUT2D eigenvalue weighted by atomic mass is 16.3. The molecule has 1 N–H and O–H groups in total. The van der Waals surface area contributed by atoms with Crippen LogP contribution in [0.4, 0.5) is 0 Å². The van der Waals surface area contributed by atoms with Crippen molar-refractivity contribution in [3.8, 4) is 0 Å². The Morgan fingerprint density at radius 2 is 1.83 bits per heavy atom. The third kappa shape index (κ3) is 2.00. The van der Waals surface area contributed by atoms with Crippen LogP contribution in [0.25, 0.3) is 11.1 Å². The standard InChI is InChI=1S/C15H13NO2/c17-10-12-7-4-8-13-15(12)18-14(16-13)9-11-5-2-1-3-6-11/h1-8,17H,9-10H2. The number of aliphatic hydroxyl groups excluding tert-OH is 1. The molecule has 0 saturated carbocycles. The summed E-state index contributed by atoms with van der Waals surface area (Å²) in [7, 11) is 0. The second kappa shape index (κ2) is 4.63. The van der Waals surface area contributed by atoms with Crippen LogP contribution in [-0.4, -0.2) is 10.1 Å². The fraction of sp³-hybridized carbons (Fsp3) is 0.133. The van der Waals surface area contributed by atoms with E-state index in [9.17, 15) is 5.11 Å². The molecule has 0 aliphatic heterocycles. The highest BCUT2D eigenvalue weighted by molar-refractivity contribution is 5.76. The molecule has 0 spiro atoms. The number of nitrogens with zero attached hydrogens (tertiary/aromatic N) is 1. The van der Waals surface area contributed by atoms with E-state index in [0.29, 0.717) is 17.9 Å². The molecule has 0 atom stereocenters. The number of aromatic nitrogens is 1. The van der Waals surface area contributed by atoms with Gasteiger partial charge in [0.2, 0.25) is 0 Å². The van der Waals surface area contributed by atoms with Gasteiger partial charge in [0.05, 0.1) is 6.61 Å². The first-order chi connectivity index (χ1) is 8.86. The van der Waals surface area contributed by atoms with Gasteiger partial charge in [-0.15, -0.1) is 0 Å². The quantitative estimate of drug-likeness (QED) is 0.764. The number of oxazole rings is 1. The minimum absolute atomic E-state index is 0.0304. The molecule has 3 aromatic rings. The Kier molecular flexibility index (Phi) is 2.82. The number of hydrogen-bond donors (Lipinski definition) is 1. The maximum atomic E-state index is 9.25. The van der Waals surface area contributed by atoms with Crippen LogP contribution < -0.4 is 0 Å². The zero-order chi connectivity index (χ0) is 12.4. The van der Waals surface area contributed by atoms with Gasteiger partial charge in [0.1, 0.15) is 5.52 Å². The number of hydrogen-bond acceptors (Lipinski definition) is 3. The lowest BCUT2D eigenvalue weighted by Crippen LogP contribution is -1.86. The summed E-state index contributed by atoms with van der Waals surface area (Å²) in [5.41, 5.74) is 3.42. The van der Waals surface area contributed by atoms with Crippen LogP contribution in [0.2, 0.25) is 0 Å². The molecule has 1 heterocycles. The van der Waals surface area contributed by atoms with Gasteiger partial charge in [0.15, 0.2) is 11.5 Å². The van der Waals surface area contributed by atoms with Gasteiger partial charge in [-0.3, -0.25) is 0 Å². The molecule has 1 aromatic heterocycles. The van der Waals surface area contributed by atoms with E-state index in [4.69, 9.17) is 4.42 Å². The van der Waals surface area contributed by atoms with Crippen LogP contribution in [-0.2, 0) is 13.0 Å². The van der Waals surface area contributed by atoms with Gasteiger partial charge in [-0.25, -0.2) is 4.98 Å². The summed E-state index contributed by atoms with van der Waals surface area (Å²) in [6.07, 6.45) is 0.667. The highest BCUT2D eigenvalue weighted by Crippen LogP contribution is 2.21. The molecule has 0 radical (unpaired) electrons. The van der Waals surface area contributed by atoms with E-state index >= 15 is 0 Å². The number of benzene rings is 2. The maximum absolute atomic E-state index is 9.25. The van der Waals surface area contributed by atoms with E-state index in [-0.39, 0.29) is 6.61 Å². The Balaban J connectivity index is 1.99. The summed E-state index contributed by atoms with van der Waals surface area (Å²) in [5, 5.41) is 9.25. The Labute approximate surface area is 105 Å².